The number of halogens is 1. The van der Waals surface area contributed by atoms with Gasteiger partial charge in [0.15, 0.2) is 0 Å². The zero-order chi connectivity index (χ0) is 13.9. The molecule has 0 aliphatic heterocycles. The van der Waals surface area contributed by atoms with Crippen molar-refractivity contribution in [3.05, 3.63) is 64.8 Å². The molecule has 3 rings (SSSR count). The summed E-state index contributed by atoms with van der Waals surface area (Å²) in [5.74, 6) is 0.759. The maximum absolute atomic E-state index is 5.93. The Balaban J connectivity index is 1.81. The number of aromatic nitrogens is 1. The molecule has 0 atom stereocenters. The largest absolute Gasteiger partial charge is 0.487 e. The number of benzene rings is 2. The van der Waals surface area contributed by atoms with E-state index in [0.29, 0.717) is 18.2 Å². The van der Waals surface area contributed by atoms with E-state index in [1.165, 1.54) is 0 Å². The van der Waals surface area contributed by atoms with Gasteiger partial charge in [-0.2, -0.15) is 0 Å². The molecule has 0 aliphatic carbocycles. The standard InChI is InChI=1S/C16H15ClN2O/c17-13-5-2-6-15(8-13)20-10-14-7-11-3-1-4-12(9-18)16(11)19-14/h1-8,19H,9-10,18H2. The van der Waals surface area contributed by atoms with Crippen molar-refractivity contribution in [2.24, 2.45) is 5.73 Å². The van der Waals surface area contributed by atoms with E-state index in [1.807, 2.05) is 30.3 Å². The number of H-pyrrole nitrogens is 1. The number of aromatic amines is 1. The second kappa shape index (κ2) is 5.57. The zero-order valence-corrected chi connectivity index (χ0v) is 11.7. The number of hydrogen-bond acceptors (Lipinski definition) is 2. The molecule has 0 unspecified atom stereocenters. The quantitative estimate of drug-likeness (QED) is 0.765. The minimum atomic E-state index is 0.471. The molecule has 0 saturated carbocycles. The molecule has 0 bridgehead atoms. The van der Waals surface area contributed by atoms with Crippen molar-refractivity contribution in [2.45, 2.75) is 13.2 Å². The molecule has 1 aromatic heterocycles. The van der Waals surface area contributed by atoms with Crippen LogP contribution in [-0.4, -0.2) is 4.98 Å². The molecular weight excluding hydrogens is 272 g/mol. The molecule has 3 aromatic rings. The van der Waals surface area contributed by atoms with Crippen molar-refractivity contribution in [2.75, 3.05) is 0 Å². The van der Waals surface area contributed by atoms with Crippen molar-refractivity contribution < 1.29 is 4.74 Å². The van der Waals surface area contributed by atoms with Crippen molar-refractivity contribution >= 4 is 22.5 Å². The van der Waals surface area contributed by atoms with E-state index < -0.39 is 0 Å². The number of para-hydroxylation sites is 1. The first-order chi connectivity index (χ1) is 9.76. The Kier molecular flexibility index (Phi) is 3.63. The van der Waals surface area contributed by atoms with E-state index in [-0.39, 0.29) is 0 Å². The molecule has 0 fully saturated rings. The minimum Gasteiger partial charge on any atom is -0.487 e. The Morgan fingerprint density at radius 3 is 2.75 bits per heavy atom. The van der Waals surface area contributed by atoms with E-state index in [4.69, 9.17) is 22.1 Å². The van der Waals surface area contributed by atoms with E-state index in [0.717, 1.165) is 27.9 Å². The molecule has 3 N–H and O–H groups in total. The zero-order valence-electron chi connectivity index (χ0n) is 10.9. The van der Waals surface area contributed by atoms with Crippen molar-refractivity contribution in [1.29, 1.82) is 0 Å². The van der Waals surface area contributed by atoms with Gasteiger partial charge in [0, 0.05) is 17.0 Å². The lowest BCUT2D eigenvalue weighted by molar-refractivity contribution is 0.302. The van der Waals surface area contributed by atoms with Crippen LogP contribution in [0.1, 0.15) is 11.3 Å². The van der Waals surface area contributed by atoms with Gasteiger partial charge in [0.2, 0.25) is 0 Å². The minimum absolute atomic E-state index is 0.471. The van der Waals surface area contributed by atoms with Gasteiger partial charge in [-0.1, -0.05) is 35.9 Å². The van der Waals surface area contributed by atoms with Gasteiger partial charge < -0.3 is 15.5 Å². The molecule has 0 saturated heterocycles. The molecule has 4 heteroatoms. The SMILES string of the molecule is NCc1cccc2cc(COc3cccc(Cl)c3)[nH]c12. The van der Waals surface area contributed by atoms with Crippen LogP contribution in [0.5, 0.6) is 5.75 Å². The first-order valence-corrected chi connectivity index (χ1v) is 6.82. The number of fused-ring (bicyclic) bond motifs is 1. The Labute approximate surface area is 122 Å². The summed E-state index contributed by atoms with van der Waals surface area (Å²) in [5, 5.41) is 1.82. The third-order valence-corrected chi connectivity index (χ3v) is 3.44. The molecule has 20 heavy (non-hydrogen) atoms. The lowest BCUT2D eigenvalue weighted by Crippen LogP contribution is -1.97. The highest BCUT2D eigenvalue weighted by molar-refractivity contribution is 6.30. The molecule has 1 heterocycles. The highest BCUT2D eigenvalue weighted by Crippen LogP contribution is 2.22. The van der Waals surface area contributed by atoms with Crippen molar-refractivity contribution in [3.63, 3.8) is 0 Å². The van der Waals surface area contributed by atoms with Crippen LogP contribution in [0.2, 0.25) is 5.02 Å². The van der Waals surface area contributed by atoms with Gasteiger partial charge in [-0.05, 0) is 29.8 Å². The Morgan fingerprint density at radius 1 is 1.10 bits per heavy atom. The van der Waals surface area contributed by atoms with Crippen LogP contribution in [0.3, 0.4) is 0 Å². The number of nitrogens with one attached hydrogen (secondary N) is 1. The second-order valence-corrected chi connectivity index (χ2v) is 5.06. The maximum atomic E-state index is 5.93. The fraction of sp³-hybridized carbons (Fsp3) is 0.125. The first kappa shape index (κ1) is 13.0. The topological polar surface area (TPSA) is 51.0 Å². The smallest absolute Gasteiger partial charge is 0.128 e. The van der Waals surface area contributed by atoms with Crippen LogP contribution in [0.4, 0.5) is 0 Å². The van der Waals surface area contributed by atoms with E-state index in [1.54, 1.807) is 6.07 Å². The highest BCUT2D eigenvalue weighted by Gasteiger charge is 2.05. The molecule has 0 amide bonds. The van der Waals surface area contributed by atoms with Crippen LogP contribution in [-0.2, 0) is 13.2 Å². The summed E-state index contributed by atoms with van der Waals surface area (Å²) in [6.45, 7) is 0.992. The number of rotatable bonds is 4. The Morgan fingerprint density at radius 2 is 1.95 bits per heavy atom. The van der Waals surface area contributed by atoms with Gasteiger partial charge in [0.05, 0.1) is 11.2 Å². The summed E-state index contributed by atoms with van der Waals surface area (Å²) >= 11 is 5.93. The van der Waals surface area contributed by atoms with Gasteiger partial charge in [0.1, 0.15) is 12.4 Å². The summed E-state index contributed by atoms with van der Waals surface area (Å²) in [4.78, 5) is 3.36. The van der Waals surface area contributed by atoms with Crippen molar-refractivity contribution in [1.82, 2.24) is 4.98 Å². The maximum Gasteiger partial charge on any atom is 0.128 e. The fourth-order valence-corrected chi connectivity index (χ4v) is 2.42. The average molecular weight is 287 g/mol. The van der Waals surface area contributed by atoms with Crippen LogP contribution in [0, 0.1) is 0 Å². The Hall–Kier alpha value is -1.97. The summed E-state index contributed by atoms with van der Waals surface area (Å²) in [6, 6.07) is 15.6. The second-order valence-electron chi connectivity index (χ2n) is 4.63. The van der Waals surface area contributed by atoms with Gasteiger partial charge >= 0.3 is 0 Å². The molecule has 102 valence electrons. The molecule has 0 spiro atoms. The average Bonchev–Trinajstić information content (AvgIpc) is 2.88. The predicted octanol–water partition coefficient (Wildman–Crippen LogP) is 3.86. The van der Waals surface area contributed by atoms with Crippen LogP contribution >= 0.6 is 11.6 Å². The molecule has 0 aliphatic rings. The third kappa shape index (κ3) is 2.64. The van der Waals surface area contributed by atoms with Gasteiger partial charge in [0.25, 0.3) is 0 Å². The molecule has 0 radical (unpaired) electrons. The number of hydrogen-bond donors (Lipinski definition) is 2. The predicted molar refractivity (Wildman–Crippen MR) is 82.0 cm³/mol. The van der Waals surface area contributed by atoms with Crippen molar-refractivity contribution in [3.8, 4) is 5.75 Å². The monoisotopic (exact) mass is 286 g/mol. The van der Waals surface area contributed by atoms with E-state index >= 15 is 0 Å². The lowest BCUT2D eigenvalue weighted by Gasteiger charge is -2.04. The normalized spacial score (nSPS) is 10.9. The van der Waals surface area contributed by atoms with Crippen LogP contribution in [0.25, 0.3) is 10.9 Å². The number of ether oxygens (including phenoxy) is 1. The fourth-order valence-electron chi connectivity index (χ4n) is 2.24. The van der Waals surface area contributed by atoms with Crippen LogP contribution in [0.15, 0.2) is 48.5 Å². The molecular formula is C16H15ClN2O. The summed E-state index contributed by atoms with van der Waals surface area (Å²) in [7, 11) is 0. The van der Waals surface area contributed by atoms with Crippen LogP contribution < -0.4 is 10.5 Å². The molecule has 3 nitrogen and oxygen atoms in total. The van der Waals surface area contributed by atoms with Gasteiger partial charge in [-0.3, -0.25) is 0 Å². The lowest BCUT2D eigenvalue weighted by atomic mass is 10.1. The summed E-state index contributed by atoms with van der Waals surface area (Å²) in [5.41, 5.74) is 8.95. The summed E-state index contributed by atoms with van der Waals surface area (Å²) < 4.78 is 5.73. The van der Waals surface area contributed by atoms with Gasteiger partial charge in [-0.25, -0.2) is 0 Å². The number of nitrogens with two attached hydrogens (primary N) is 1. The first-order valence-electron chi connectivity index (χ1n) is 6.44. The highest BCUT2D eigenvalue weighted by atomic mass is 35.5. The third-order valence-electron chi connectivity index (χ3n) is 3.21. The van der Waals surface area contributed by atoms with E-state index in [2.05, 4.69) is 17.1 Å². The van der Waals surface area contributed by atoms with Gasteiger partial charge in [-0.15, -0.1) is 0 Å². The Bertz CT molecular complexity index is 736. The molecule has 2 aromatic carbocycles. The summed E-state index contributed by atoms with van der Waals surface area (Å²) in [6.07, 6.45) is 0. The van der Waals surface area contributed by atoms with E-state index in [9.17, 15) is 0 Å².